The SMILES string of the molecule is Cc1nn(-c2ccccc2)c2ncc(C(=O)O)c(F)c12. The fourth-order valence-electron chi connectivity index (χ4n) is 2.11. The van der Waals surface area contributed by atoms with Crippen molar-refractivity contribution >= 4 is 17.0 Å². The molecule has 1 aromatic carbocycles. The molecule has 2 aromatic heterocycles. The predicted octanol–water partition coefficient (Wildman–Crippen LogP) is 2.57. The third-order valence-electron chi connectivity index (χ3n) is 3.04. The van der Waals surface area contributed by atoms with Gasteiger partial charge in [0.25, 0.3) is 0 Å². The molecule has 20 heavy (non-hydrogen) atoms. The van der Waals surface area contributed by atoms with Crippen molar-refractivity contribution in [3.63, 3.8) is 0 Å². The molecule has 0 unspecified atom stereocenters. The number of nitrogens with zero attached hydrogens (tertiary/aromatic N) is 3. The molecule has 0 bridgehead atoms. The smallest absolute Gasteiger partial charge is 0.340 e. The lowest BCUT2D eigenvalue weighted by Crippen LogP contribution is -2.03. The normalized spacial score (nSPS) is 10.9. The summed E-state index contributed by atoms with van der Waals surface area (Å²) in [6, 6.07) is 9.16. The van der Waals surface area contributed by atoms with E-state index in [-0.39, 0.29) is 5.39 Å². The first-order chi connectivity index (χ1) is 9.59. The molecule has 0 radical (unpaired) electrons. The Bertz CT molecular complexity index is 812. The largest absolute Gasteiger partial charge is 0.478 e. The van der Waals surface area contributed by atoms with Gasteiger partial charge in [0.2, 0.25) is 0 Å². The van der Waals surface area contributed by atoms with E-state index >= 15 is 0 Å². The zero-order chi connectivity index (χ0) is 14.3. The number of benzene rings is 1. The molecule has 3 rings (SSSR count). The quantitative estimate of drug-likeness (QED) is 0.777. The van der Waals surface area contributed by atoms with Crippen molar-refractivity contribution in [1.82, 2.24) is 14.8 Å². The van der Waals surface area contributed by atoms with Gasteiger partial charge < -0.3 is 5.11 Å². The van der Waals surface area contributed by atoms with Crippen molar-refractivity contribution in [2.45, 2.75) is 6.92 Å². The molecule has 0 saturated carbocycles. The summed E-state index contributed by atoms with van der Waals surface area (Å²) in [4.78, 5) is 15.0. The Labute approximate surface area is 113 Å². The predicted molar refractivity (Wildman–Crippen MR) is 70.5 cm³/mol. The van der Waals surface area contributed by atoms with Crippen LogP contribution in [0.3, 0.4) is 0 Å². The van der Waals surface area contributed by atoms with Crippen LogP contribution in [0.25, 0.3) is 16.7 Å². The molecule has 0 aliphatic rings. The number of aryl methyl sites for hydroxylation is 1. The molecule has 5 nitrogen and oxygen atoms in total. The zero-order valence-electron chi connectivity index (χ0n) is 10.5. The minimum Gasteiger partial charge on any atom is -0.478 e. The number of rotatable bonds is 2. The van der Waals surface area contributed by atoms with Crippen molar-refractivity contribution in [2.75, 3.05) is 0 Å². The third-order valence-corrected chi connectivity index (χ3v) is 3.04. The maximum Gasteiger partial charge on any atom is 0.340 e. The maximum atomic E-state index is 14.2. The van der Waals surface area contributed by atoms with E-state index in [2.05, 4.69) is 10.1 Å². The highest BCUT2D eigenvalue weighted by atomic mass is 19.1. The lowest BCUT2D eigenvalue weighted by Gasteiger charge is -2.03. The van der Waals surface area contributed by atoms with Crippen molar-refractivity contribution in [2.24, 2.45) is 0 Å². The molecule has 2 heterocycles. The Kier molecular flexibility index (Phi) is 2.71. The lowest BCUT2D eigenvalue weighted by molar-refractivity contribution is 0.0692. The van der Waals surface area contributed by atoms with E-state index in [9.17, 15) is 9.18 Å². The van der Waals surface area contributed by atoms with Gasteiger partial charge in [0, 0.05) is 6.20 Å². The van der Waals surface area contributed by atoms with Crippen LogP contribution in [0.15, 0.2) is 36.5 Å². The highest BCUT2D eigenvalue weighted by Crippen LogP contribution is 2.24. The number of hydrogen-bond acceptors (Lipinski definition) is 3. The summed E-state index contributed by atoms with van der Waals surface area (Å²) in [5.74, 6) is -2.15. The van der Waals surface area contributed by atoms with Gasteiger partial charge in [-0.25, -0.2) is 18.9 Å². The molecule has 1 N–H and O–H groups in total. The van der Waals surface area contributed by atoms with Gasteiger partial charge in [-0.1, -0.05) is 18.2 Å². The molecular weight excluding hydrogens is 261 g/mol. The third kappa shape index (κ3) is 1.73. The maximum absolute atomic E-state index is 14.2. The molecule has 0 fully saturated rings. The molecule has 0 saturated heterocycles. The van der Waals surface area contributed by atoms with Crippen LogP contribution in [0, 0.1) is 12.7 Å². The molecule has 6 heteroatoms. The second kappa shape index (κ2) is 4.41. The second-order valence-electron chi connectivity index (χ2n) is 4.32. The Morgan fingerprint density at radius 2 is 2.00 bits per heavy atom. The molecule has 0 aliphatic heterocycles. The van der Waals surface area contributed by atoms with Gasteiger partial charge >= 0.3 is 5.97 Å². The molecular formula is C14H10FN3O2. The van der Waals surface area contributed by atoms with E-state index in [4.69, 9.17) is 5.11 Å². The van der Waals surface area contributed by atoms with E-state index in [0.29, 0.717) is 11.3 Å². The van der Waals surface area contributed by atoms with Crippen LogP contribution in [-0.4, -0.2) is 25.8 Å². The highest BCUT2D eigenvalue weighted by molar-refractivity contribution is 5.93. The lowest BCUT2D eigenvalue weighted by atomic mass is 10.2. The van der Waals surface area contributed by atoms with Gasteiger partial charge in [-0.05, 0) is 19.1 Å². The summed E-state index contributed by atoms with van der Waals surface area (Å²) in [6.07, 6.45) is 1.01. The summed E-state index contributed by atoms with van der Waals surface area (Å²) in [5, 5.41) is 13.3. The van der Waals surface area contributed by atoms with Crippen molar-refractivity contribution in [1.29, 1.82) is 0 Å². The average Bonchev–Trinajstić information content (AvgIpc) is 2.78. The zero-order valence-corrected chi connectivity index (χ0v) is 10.5. The van der Waals surface area contributed by atoms with E-state index in [1.54, 1.807) is 6.92 Å². The topological polar surface area (TPSA) is 68.0 Å². The number of halogens is 1. The molecule has 0 aliphatic carbocycles. The van der Waals surface area contributed by atoms with Crippen LogP contribution in [0.5, 0.6) is 0 Å². The minimum absolute atomic E-state index is 0.133. The molecule has 0 spiro atoms. The van der Waals surface area contributed by atoms with E-state index in [1.807, 2.05) is 30.3 Å². The van der Waals surface area contributed by atoms with Crippen molar-refractivity contribution in [3.8, 4) is 5.69 Å². The molecule has 3 aromatic rings. The van der Waals surface area contributed by atoms with Crippen LogP contribution in [0.1, 0.15) is 16.1 Å². The van der Waals surface area contributed by atoms with Gasteiger partial charge in [-0.3, -0.25) is 0 Å². The standard InChI is InChI=1S/C14H10FN3O2/c1-8-11-12(15)10(14(19)20)7-16-13(11)18(17-8)9-5-3-2-4-6-9/h2-7H,1H3,(H,19,20). The van der Waals surface area contributed by atoms with Crippen LogP contribution in [-0.2, 0) is 0 Å². The fourth-order valence-corrected chi connectivity index (χ4v) is 2.11. The van der Waals surface area contributed by atoms with Gasteiger partial charge in [0.15, 0.2) is 11.5 Å². The highest BCUT2D eigenvalue weighted by Gasteiger charge is 2.20. The summed E-state index contributed by atoms with van der Waals surface area (Å²) < 4.78 is 15.7. The fraction of sp³-hybridized carbons (Fsp3) is 0.0714. The second-order valence-corrected chi connectivity index (χ2v) is 4.32. The number of hydrogen-bond donors (Lipinski definition) is 1. The first-order valence-corrected chi connectivity index (χ1v) is 5.92. The number of aromatic nitrogens is 3. The summed E-state index contributed by atoms with van der Waals surface area (Å²) in [6.45, 7) is 1.62. The van der Waals surface area contributed by atoms with Gasteiger partial charge in [-0.2, -0.15) is 5.10 Å². The number of fused-ring (bicyclic) bond motifs is 1. The molecule has 0 amide bonds. The van der Waals surface area contributed by atoms with Crippen molar-refractivity contribution in [3.05, 3.63) is 53.6 Å². The number of carbonyl (C=O) groups is 1. The first kappa shape index (κ1) is 12.3. The first-order valence-electron chi connectivity index (χ1n) is 5.92. The van der Waals surface area contributed by atoms with E-state index in [1.165, 1.54) is 4.68 Å². The van der Waals surface area contributed by atoms with Crippen molar-refractivity contribution < 1.29 is 14.3 Å². The summed E-state index contributed by atoms with van der Waals surface area (Å²) in [5.41, 5.74) is 0.988. The van der Waals surface area contributed by atoms with Gasteiger partial charge in [0.1, 0.15) is 5.56 Å². The monoisotopic (exact) mass is 271 g/mol. The van der Waals surface area contributed by atoms with Crippen LogP contribution in [0.4, 0.5) is 4.39 Å². The van der Waals surface area contributed by atoms with E-state index < -0.39 is 17.3 Å². The number of aromatic carboxylic acids is 1. The summed E-state index contributed by atoms with van der Waals surface area (Å²) in [7, 11) is 0. The minimum atomic E-state index is -1.34. The molecule has 100 valence electrons. The van der Waals surface area contributed by atoms with Gasteiger partial charge in [-0.15, -0.1) is 0 Å². The number of pyridine rings is 1. The van der Waals surface area contributed by atoms with Crippen LogP contribution < -0.4 is 0 Å². The van der Waals surface area contributed by atoms with Crippen LogP contribution in [0.2, 0.25) is 0 Å². The Morgan fingerprint density at radius 3 is 2.65 bits per heavy atom. The molecule has 0 atom stereocenters. The van der Waals surface area contributed by atoms with Crippen LogP contribution >= 0.6 is 0 Å². The number of carboxylic acids is 1. The Morgan fingerprint density at radius 1 is 1.30 bits per heavy atom. The Hall–Kier alpha value is -2.76. The number of para-hydroxylation sites is 1. The average molecular weight is 271 g/mol. The van der Waals surface area contributed by atoms with E-state index in [0.717, 1.165) is 11.9 Å². The summed E-state index contributed by atoms with van der Waals surface area (Å²) >= 11 is 0. The Balaban J connectivity index is 2.34. The van der Waals surface area contributed by atoms with Gasteiger partial charge in [0.05, 0.1) is 16.8 Å². The number of carboxylic acid groups (broad SMARTS) is 1.